The van der Waals surface area contributed by atoms with Crippen LogP contribution < -0.4 is 5.32 Å². The van der Waals surface area contributed by atoms with E-state index in [1.165, 1.54) is 6.07 Å². The fourth-order valence-corrected chi connectivity index (χ4v) is 1.78. The van der Waals surface area contributed by atoms with Crippen LogP contribution in [-0.2, 0) is 4.74 Å². The molecule has 1 aromatic carbocycles. The highest BCUT2D eigenvalue weighted by molar-refractivity contribution is 5.59. The van der Waals surface area contributed by atoms with Gasteiger partial charge < -0.3 is 10.1 Å². The third-order valence-corrected chi connectivity index (χ3v) is 2.84. The van der Waals surface area contributed by atoms with Crippen LogP contribution in [0.25, 0.3) is 0 Å². The van der Waals surface area contributed by atoms with Crippen molar-refractivity contribution in [1.29, 1.82) is 0 Å². The molecule has 0 saturated heterocycles. The van der Waals surface area contributed by atoms with E-state index >= 15 is 0 Å². The Balaban J connectivity index is 2.43. The van der Waals surface area contributed by atoms with E-state index in [0.29, 0.717) is 5.56 Å². The molecule has 0 spiro atoms. The first-order chi connectivity index (χ1) is 8.66. The minimum Gasteiger partial charge on any atom is -0.385 e. The number of anilines is 1. The topological polar surface area (TPSA) is 64.4 Å². The van der Waals surface area contributed by atoms with E-state index in [9.17, 15) is 10.1 Å². The number of hydrogen-bond acceptors (Lipinski definition) is 4. The lowest BCUT2D eigenvalue weighted by molar-refractivity contribution is -0.385. The average molecular weight is 252 g/mol. The van der Waals surface area contributed by atoms with Gasteiger partial charge in [-0.2, -0.15) is 0 Å². The molecule has 0 radical (unpaired) electrons. The van der Waals surface area contributed by atoms with Gasteiger partial charge in [0, 0.05) is 37.6 Å². The summed E-state index contributed by atoms with van der Waals surface area (Å²) in [5.74, 6) is 0. The lowest BCUT2D eigenvalue weighted by Gasteiger charge is -2.09. The molecule has 0 aliphatic carbocycles. The molecule has 18 heavy (non-hydrogen) atoms. The van der Waals surface area contributed by atoms with E-state index in [4.69, 9.17) is 4.74 Å². The summed E-state index contributed by atoms with van der Waals surface area (Å²) in [7, 11) is 1.70. The second-order valence-electron chi connectivity index (χ2n) is 4.19. The summed E-state index contributed by atoms with van der Waals surface area (Å²) in [5, 5.41) is 14.0. The van der Waals surface area contributed by atoms with Crippen LogP contribution in [0.15, 0.2) is 18.2 Å². The highest BCUT2D eigenvalue weighted by Crippen LogP contribution is 2.24. The molecule has 0 aliphatic rings. The number of nitro benzene ring substituents is 1. The van der Waals surface area contributed by atoms with Crippen LogP contribution in [0.3, 0.4) is 0 Å². The highest BCUT2D eigenvalue weighted by Gasteiger charge is 2.12. The van der Waals surface area contributed by atoms with Gasteiger partial charge in [0.25, 0.3) is 5.69 Å². The number of ether oxygens (including phenoxy) is 1. The van der Waals surface area contributed by atoms with Crippen molar-refractivity contribution in [2.75, 3.05) is 25.6 Å². The summed E-state index contributed by atoms with van der Waals surface area (Å²) in [6, 6.07) is 5.11. The van der Waals surface area contributed by atoms with Gasteiger partial charge in [-0.3, -0.25) is 10.1 Å². The number of rotatable bonds is 8. The van der Waals surface area contributed by atoms with Gasteiger partial charge in [0.1, 0.15) is 0 Å². The molecule has 1 aromatic rings. The van der Waals surface area contributed by atoms with Gasteiger partial charge in [-0.1, -0.05) is 6.07 Å². The molecule has 1 rings (SSSR count). The monoisotopic (exact) mass is 252 g/mol. The van der Waals surface area contributed by atoms with Crippen molar-refractivity contribution >= 4 is 11.4 Å². The number of nitrogens with one attached hydrogen (secondary N) is 1. The highest BCUT2D eigenvalue weighted by atomic mass is 16.6. The van der Waals surface area contributed by atoms with Crippen LogP contribution in [0.1, 0.15) is 24.8 Å². The smallest absolute Gasteiger partial charge is 0.274 e. The number of hydrogen-bond donors (Lipinski definition) is 1. The summed E-state index contributed by atoms with van der Waals surface area (Å²) in [6.45, 7) is 3.38. The van der Waals surface area contributed by atoms with Gasteiger partial charge >= 0.3 is 0 Å². The molecular formula is C13H20N2O3. The predicted octanol–water partition coefficient (Wildman–Crippen LogP) is 3.13. The second kappa shape index (κ2) is 7.66. The van der Waals surface area contributed by atoms with Crippen molar-refractivity contribution in [2.45, 2.75) is 26.2 Å². The van der Waals surface area contributed by atoms with Crippen molar-refractivity contribution in [1.82, 2.24) is 0 Å². The van der Waals surface area contributed by atoms with Crippen LogP contribution in [0, 0.1) is 17.0 Å². The zero-order valence-electron chi connectivity index (χ0n) is 10.9. The van der Waals surface area contributed by atoms with Crippen molar-refractivity contribution < 1.29 is 9.66 Å². The zero-order chi connectivity index (χ0) is 13.4. The second-order valence-corrected chi connectivity index (χ2v) is 4.19. The Morgan fingerprint density at radius 1 is 1.33 bits per heavy atom. The molecule has 0 aromatic heterocycles. The summed E-state index contributed by atoms with van der Waals surface area (Å²) in [6.07, 6.45) is 3.17. The SMILES string of the molecule is COCCCCCNc1cccc([N+](=O)[O-])c1C. The van der Waals surface area contributed by atoms with E-state index in [-0.39, 0.29) is 10.6 Å². The predicted molar refractivity (Wildman–Crippen MR) is 72.1 cm³/mol. The fourth-order valence-electron chi connectivity index (χ4n) is 1.78. The molecule has 0 amide bonds. The third kappa shape index (κ3) is 4.33. The van der Waals surface area contributed by atoms with E-state index in [2.05, 4.69) is 5.32 Å². The first kappa shape index (κ1) is 14.4. The Kier molecular flexibility index (Phi) is 6.14. The molecule has 0 heterocycles. The minimum absolute atomic E-state index is 0.166. The molecule has 0 atom stereocenters. The van der Waals surface area contributed by atoms with Crippen LogP contribution in [-0.4, -0.2) is 25.2 Å². The summed E-state index contributed by atoms with van der Waals surface area (Å²) < 4.78 is 4.97. The number of methoxy groups -OCH3 is 1. The van der Waals surface area contributed by atoms with Crippen molar-refractivity contribution in [3.8, 4) is 0 Å². The molecule has 100 valence electrons. The Labute approximate surface area is 107 Å². The summed E-state index contributed by atoms with van der Waals surface area (Å²) >= 11 is 0. The Morgan fingerprint density at radius 3 is 2.78 bits per heavy atom. The van der Waals surface area contributed by atoms with Gasteiger partial charge in [-0.25, -0.2) is 0 Å². The standard InChI is InChI=1S/C13H20N2O3/c1-11-12(7-6-8-13(11)15(16)17)14-9-4-3-5-10-18-2/h6-8,14H,3-5,9-10H2,1-2H3. The quantitative estimate of drug-likeness (QED) is 0.438. The van der Waals surface area contributed by atoms with Gasteiger partial charge in [0.15, 0.2) is 0 Å². The largest absolute Gasteiger partial charge is 0.385 e. The number of nitro groups is 1. The Hall–Kier alpha value is -1.62. The fraction of sp³-hybridized carbons (Fsp3) is 0.538. The van der Waals surface area contributed by atoms with Crippen molar-refractivity contribution in [3.05, 3.63) is 33.9 Å². The Morgan fingerprint density at radius 2 is 2.11 bits per heavy atom. The van der Waals surface area contributed by atoms with E-state index < -0.39 is 0 Å². The molecule has 5 heteroatoms. The maximum absolute atomic E-state index is 10.8. The van der Waals surface area contributed by atoms with Crippen molar-refractivity contribution in [3.63, 3.8) is 0 Å². The van der Waals surface area contributed by atoms with Gasteiger partial charge in [0.05, 0.1) is 4.92 Å². The molecule has 0 bridgehead atoms. The summed E-state index contributed by atoms with van der Waals surface area (Å²) in [5.41, 5.74) is 1.70. The van der Waals surface area contributed by atoms with Gasteiger partial charge in [-0.15, -0.1) is 0 Å². The van der Waals surface area contributed by atoms with Crippen LogP contribution in [0.5, 0.6) is 0 Å². The maximum atomic E-state index is 10.8. The molecule has 0 fully saturated rings. The summed E-state index contributed by atoms with van der Waals surface area (Å²) in [4.78, 5) is 10.4. The van der Waals surface area contributed by atoms with Crippen LogP contribution in [0.2, 0.25) is 0 Å². The molecule has 0 saturated carbocycles. The molecule has 0 aliphatic heterocycles. The first-order valence-corrected chi connectivity index (χ1v) is 6.13. The first-order valence-electron chi connectivity index (χ1n) is 6.13. The number of unbranched alkanes of at least 4 members (excludes halogenated alkanes) is 2. The maximum Gasteiger partial charge on any atom is 0.274 e. The Bertz CT molecular complexity index is 394. The van der Waals surface area contributed by atoms with Crippen LogP contribution >= 0.6 is 0 Å². The van der Waals surface area contributed by atoms with E-state index in [1.807, 2.05) is 6.07 Å². The third-order valence-electron chi connectivity index (χ3n) is 2.84. The van der Waals surface area contributed by atoms with Gasteiger partial charge in [-0.05, 0) is 32.3 Å². The average Bonchev–Trinajstić information content (AvgIpc) is 2.35. The van der Waals surface area contributed by atoms with E-state index in [1.54, 1.807) is 20.1 Å². The van der Waals surface area contributed by atoms with Crippen molar-refractivity contribution in [2.24, 2.45) is 0 Å². The van der Waals surface area contributed by atoms with Gasteiger partial charge in [0.2, 0.25) is 0 Å². The molecule has 0 unspecified atom stereocenters. The molecular weight excluding hydrogens is 232 g/mol. The zero-order valence-corrected chi connectivity index (χ0v) is 10.9. The normalized spacial score (nSPS) is 10.3. The lowest BCUT2D eigenvalue weighted by atomic mass is 10.1. The van der Waals surface area contributed by atoms with E-state index in [0.717, 1.165) is 38.1 Å². The van der Waals surface area contributed by atoms with Crippen LogP contribution in [0.4, 0.5) is 11.4 Å². The number of benzene rings is 1. The molecule has 1 N–H and O–H groups in total. The number of nitrogens with zero attached hydrogens (tertiary/aromatic N) is 1. The lowest BCUT2D eigenvalue weighted by Crippen LogP contribution is -2.04. The molecule has 5 nitrogen and oxygen atoms in total. The minimum atomic E-state index is -0.348.